The summed E-state index contributed by atoms with van der Waals surface area (Å²) in [5.74, 6) is 0.150. The van der Waals surface area contributed by atoms with Crippen molar-refractivity contribution in [1.29, 1.82) is 0 Å². The van der Waals surface area contributed by atoms with Gasteiger partial charge in [-0.25, -0.2) is 0 Å². The average molecular weight is 346 g/mol. The summed E-state index contributed by atoms with van der Waals surface area (Å²) in [5.41, 5.74) is 0.532. The van der Waals surface area contributed by atoms with E-state index in [-0.39, 0.29) is 5.91 Å². The molecule has 0 saturated heterocycles. The highest BCUT2D eigenvalue weighted by atomic mass is 79.9. The lowest BCUT2D eigenvalue weighted by Gasteiger charge is -2.02. The molecule has 0 aliphatic rings. The second-order valence-electron chi connectivity index (χ2n) is 3.00. The number of nitrogens with one attached hydrogen (secondary N) is 1. The summed E-state index contributed by atoms with van der Waals surface area (Å²) < 4.78 is 6.27. The Bertz CT molecular complexity index is 491. The van der Waals surface area contributed by atoms with Crippen LogP contribution >= 0.6 is 31.9 Å². The normalized spacial score (nSPS) is 10.1. The molecular formula is C10H6Br2N2O2. The van der Waals surface area contributed by atoms with Crippen molar-refractivity contribution < 1.29 is 9.32 Å². The number of amides is 1. The van der Waals surface area contributed by atoms with Crippen LogP contribution < -0.4 is 5.32 Å². The van der Waals surface area contributed by atoms with Gasteiger partial charge < -0.3 is 9.84 Å². The number of carbonyl (C=O) groups is 1. The summed E-state index contributed by atoms with van der Waals surface area (Å²) in [6.45, 7) is 0. The molecule has 0 aliphatic heterocycles. The predicted molar refractivity (Wildman–Crippen MR) is 66.3 cm³/mol. The molecule has 0 spiro atoms. The van der Waals surface area contributed by atoms with Crippen LogP contribution in [0.2, 0.25) is 0 Å². The van der Waals surface area contributed by atoms with Crippen molar-refractivity contribution in [2.75, 3.05) is 5.32 Å². The van der Waals surface area contributed by atoms with Gasteiger partial charge in [0.25, 0.3) is 5.91 Å². The van der Waals surface area contributed by atoms with Crippen LogP contribution in [0.3, 0.4) is 0 Å². The van der Waals surface area contributed by atoms with Crippen molar-refractivity contribution in [2.24, 2.45) is 0 Å². The molecule has 1 aromatic heterocycles. The van der Waals surface area contributed by atoms with Gasteiger partial charge in [-0.1, -0.05) is 37.0 Å². The molecule has 0 unspecified atom stereocenters. The van der Waals surface area contributed by atoms with E-state index in [1.165, 1.54) is 6.26 Å². The molecular weight excluding hydrogens is 340 g/mol. The standard InChI is InChI=1S/C10H6Br2N2O2/c11-7-3-6(4-8(12)5-7)10(15)13-9-1-2-16-14-9/h1-5H,(H,13,14,15). The Morgan fingerprint density at radius 3 is 2.50 bits per heavy atom. The number of anilines is 1. The third kappa shape index (κ3) is 2.70. The average Bonchev–Trinajstić information content (AvgIpc) is 2.68. The molecule has 4 nitrogen and oxygen atoms in total. The Hall–Kier alpha value is -1.14. The molecule has 1 heterocycles. The van der Waals surface area contributed by atoms with Gasteiger partial charge in [0.1, 0.15) is 6.26 Å². The van der Waals surface area contributed by atoms with E-state index in [0.717, 1.165) is 8.95 Å². The lowest BCUT2D eigenvalue weighted by Crippen LogP contribution is -2.12. The molecule has 2 rings (SSSR count). The number of hydrogen-bond donors (Lipinski definition) is 1. The number of halogens is 2. The van der Waals surface area contributed by atoms with Crippen LogP contribution in [-0.4, -0.2) is 11.1 Å². The number of rotatable bonds is 2. The fourth-order valence-corrected chi connectivity index (χ4v) is 2.44. The predicted octanol–water partition coefficient (Wildman–Crippen LogP) is 3.45. The van der Waals surface area contributed by atoms with Gasteiger partial charge >= 0.3 is 0 Å². The van der Waals surface area contributed by atoms with Gasteiger partial charge in [-0.3, -0.25) is 4.79 Å². The highest BCUT2D eigenvalue weighted by Crippen LogP contribution is 2.20. The van der Waals surface area contributed by atoms with Gasteiger partial charge in [0.05, 0.1) is 0 Å². The smallest absolute Gasteiger partial charge is 0.256 e. The molecule has 0 aliphatic carbocycles. The Labute approximate surface area is 108 Å². The minimum absolute atomic E-state index is 0.240. The minimum Gasteiger partial charge on any atom is -0.363 e. The molecule has 1 aromatic carbocycles. The molecule has 0 atom stereocenters. The van der Waals surface area contributed by atoms with Gasteiger partial charge in [0.15, 0.2) is 5.82 Å². The van der Waals surface area contributed by atoms with E-state index in [1.54, 1.807) is 18.2 Å². The van der Waals surface area contributed by atoms with E-state index in [1.807, 2.05) is 6.07 Å². The molecule has 82 valence electrons. The van der Waals surface area contributed by atoms with Crippen LogP contribution in [0.4, 0.5) is 5.82 Å². The fraction of sp³-hybridized carbons (Fsp3) is 0. The lowest BCUT2D eigenvalue weighted by molar-refractivity contribution is 0.102. The zero-order valence-corrected chi connectivity index (χ0v) is 11.1. The van der Waals surface area contributed by atoms with E-state index in [4.69, 9.17) is 0 Å². The van der Waals surface area contributed by atoms with Crippen molar-refractivity contribution >= 4 is 43.6 Å². The Morgan fingerprint density at radius 1 is 1.25 bits per heavy atom. The van der Waals surface area contributed by atoms with Crippen LogP contribution in [0.1, 0.15) is 10.4 Å². The largest absolute Gasteiger partial charge is 0.363 e. The number of nitrogens with zero attached hydrogens (tertiary/aromatic N) is 1. The van der Waals surface area contributed by atoms with Crippen molar-refractivity contribution in [3.05, 3.63) is 45.0 Å². The third-order valence-electron chi connectivity index (χ3n) is 1.80. The second-order valence-corrected chi connectivity index (χ2v) is 4.83. The van der Waals surface area contributed by atoms with Crippen molar-refractivity contribution in [3.8, 4) is 0 Å². The van der Waals surface area contributed by atoms with Crippen molar-refractivity contribution in [2.45, 2.75) is 0 Å². The Morgan fingerprint density at radius 2 is 1.94 bits per heavy atom. The van der Waals surface area contributed by atoms with Crippen LogP contribution in [-0.2, 0) is 0 Å². The summed E-state index contributed by atoms with van der Waals surface area (Å²) in [5, 5.41) is 6.20. The molecule has 6 heteroatoms. The molecule has 0 saturated carbocycles. The first kappa shape index (κ1) is 11.3. The molecule has 1 amide bonds. The summed E-state index contributed by atoms with van der Waals surface area (Å²) >= 11 is 6.63. The summed E-state index contributed by atoms with van der Waals surface area (Å²) in [7, 11) is 0. The van der Waals surface area contributed by atoms with Crippen LogP contribution in [0.5, 0.6) is 0 Å². The van der Waals surface area contributed by atoms with Gasteiger partial charge in [-0.05, 0) is 18.2 Å². The van der Waals surface area contributed by atoms with Crippen LogP contribution in [0.15, 0.2) is 44.0 Å². The van der Waals surface area contributed by atoms with Crippen LogP contribution in [0.25, 0.3) is 0 Å². The SMILES string of the molecule is O=C(Nc1ccon1)c1cc(Br)cc(Br)c1. The Balaban J connectivity index is 2.21. The van der Waals surface area contributed by atoms with Crippen molar-refractivity contribution in [1.82, 2.24) is 5.16 Å². The maximum Gasteiger partial charge on any atom is 0.256 e. The second kappa shape index (κ2) is 4.80. The summed E-state index contributed by atoms with van der Waals surface area (Å²) in [6.07, 6.45) is 1.40. The fourth-order valence-electron chi connectivity index (χ4n) is 1.15. The van der Waals surface area contributed by atoms with E-state index in [9.17, 15) is 4.79 Å². The molecule has 0 radical (unpaired) electrons. The van der Waals surface area contributed by atoms with E-state index >= 15 is 0 Å². The van der Waals surface area contributed by atoms with E-state index in [0.29, 0.717) is 11.4 Å². The lowest BCUT2D eigenvalue weighted by atomic mass is 10.2. The topological polar surface area (TPSA) is 55.1 Å². The van der Waals surface area contributed by atoms with Crippen LogP contribution in [0, 0.1) is 0 Å². The van der Waals surface area contributed by atoms with Crippen molar-refractivity contribution in [3.63, 3.8) is 0 Å². The quantitative estimate of drug-likeness (QED) is 0.906. The van der Waals surface area contributed by atoms with E-state index < -0.39 is 0 Å². The Kier molecular flexibility index (Phi) is 3.40. The first-order valence-corrected chi connectivity index (χ1v) is 5.91. The van der Waals surface area contributed by atoms with E-state index in [2.05, 4.69) is 46.9 Å². The van der Waals surface area contributed by atoms with Gasteiger partial charge in [0, 0.05) is 20.6 Å². The monoisotopic (exact) mass is 344 g/mol. The summed E-state index contributed by atoms with van der Waals surface area (Å²) in [6, 6.07) is 6.87. The minimum atomic E-state index is -0.240. The number of aromatic nitrogens is 1. The zero-order chi connectivity index (χ0) is 11.5. The van der Waals surface area contributed by atoms with Gasteiger partial charge in [-0.15, -0.1) is 0 Å². The molecule has 2 aromatic rings. The molecule has 0 bridgehead atoms. The molecule has 16 heavy (non-hydrogen) atoms. The number of carbonyl (C=O) groups excluding carboxylic acids is 1. The summed E-state index contributed by atoms with van der Waals surface area (Å²) in [4.78, 5) is 11.8. The molecule has 0 fully saturated rings. The maximum atomic E-state index is 11.8. The first-order valence-electron chi connectivity index (χ1n) is 4.33. The highest BCUT2D eigenvalue weighted by Gasteiger charge is 2.09. The maximum absolute atomic E-state index is 11.8. The zero-order valence-electron chi connectivity index (χ0n) is 7.91. The van der Waals surface area contributed by atoms with Gasteiger partial charge in [0.2, 0.25) is 0 Å². The van der Waals surface area contributed by atoms with Gasteiger partial charge in [-0.2, -0.15) is 0 Å². The third-order valence-corrected chi connectivity index (χ3v) is 2.72. The molecule has 1 N–H and O–H groups in total. The first-order chi connectivity index (χ1) is 7.65. The number of hydrogen-bond acceptors (Lipinski definition) is 3. The highest BCUT2D eigenvalue weighted by molar-refractivity contribution is 9.11. The number of benzene rings is 1.